The average molecular weight is 257 g/mol. The van der Waals surface area contributed by atoms with Crippen LogP contribution in [0.1, 0.15) is 47.1 Å². The molecule has 19 heavy (non-hydrogen) atoms. The minimum atomic E-state index is -0.149. The lowest BCUT2D eigenvalue weighted by Crippen LogP contribution is -2.23. The standard InChI is InChI=1S/C15H19N3O/c1-10(2)13-8-14(18-17-13)15(19)16-9-12-6-4-11(3)5-7-12/h4-8,10H,9H2,1-3H3,(H,16,19)(H,17,18). The summed E-state index contributed by atoms with van der Waals surface area (Å²) in [6.07, 6.45) is 0. The van der Waals surface area contributed by atoms with Gasteiger partial charge in [0.1, 0.15) is 5.69 Å². The molecule has 0 spiro atoms. The first-order chi connectivity index (χ1) is 9.06. The van der Waals surface area contributed by atoms with E-state index in [-0.39, 0.29) is 5.91 Å². The zero-order valence-corrected chi connectivity index (χ0v) is 11.5. The van der Waals surface area contributed by atoms with Crippen molar-refractivity contribution in [3.63, 3.8) is 0 Å². The second kappa shape index (κ2) is 5.69. The number of carbonyl (C=O) groups is 1. The molecule has 0 bridgehead atoms. The van der Waals surface area contributed by atoms with E-state index >= 15 is 0 Å². The van der Waals surface area contributed by atoms with Gasteiger partial charge in [0.05, 0.1) is 0 Å². The molecular formula is C15H19N3O. The topological polar surface area (TPSA) is 57.8 Å². The van der Waals surface area contributed by atoms with Crippen LogP contribution in [0.3, 0.4) is 0 Å². The molecule has 1 aromatic carbocycles. The van der Waals surface area contributed by atoms with Gasteiger partial charge >= 0.3 is 0 Å². The molecule has 1 amide bonds. The lowest BCUT2D eigenvalue weighted by Gasteiger charge is -2.03. The van der Waals surface area contributed by atoms with E-state index in [0.717, 1.165) is 11.3 Å². The maximum absolute atomic E-state index is 11.9. The third-order valence-electron chi connectivity index (χ3n) is 3.03. The molecule has 100 valence electrons. The fraction of sp³-hybridized carbons (Fsp3) is 0.333. The minimum Gasteiger partial charge on any atom is -0.347 e. The number of carbonyl (C=O) groups excluding carboxylic acids is 1. The lowest BCUT2D eigenvalue weighted by molar-refractivity contribution is 0.0946. The Morgan fingerprint density at radius 3 is 2.58 bits per heavy atom. The van der Waals surface area contributed by atoms with Crippen molar-refractivity contribution in [1.82, 2.24) is 15.5 Å². The van der Waals surface area contributed by atoms with Crippen molar-refractivity contribution < 1.29 is 4.79 Å². The molecule has 0 unspecified atom stereocenters. The molecule has 0 aliphatic rings. The van der Waals surface area contributed by atoms with Crippen LogP contribution in [-0.4, -0.2) is 16.1 Å². The van der Waals surface area contributed by atoms with Crippen molar-refractivity contribution in [1.29, 1.82) is 0 Å². The number of aryl methyl sites for hydroxylation is 1. The third-order valence-corrected chi connectivity index (χ3v) is 3.03. The first-order valence-electron chi connectivity index (χ1n) is 6.45. The number of H-pyrrole nitrogens is 1. The first kappa shape index (κ1) is 13.3. The highest BCUT2D eigenvalue weighted by Gasteiger charge is 2.11. The summed E-state index contributed by atoms with van der Waals surface area (Å²) in [6, 6.07) is 9.90. The van der Waals surface area contributed by atoms with Crippen LogP contribution in [0, 0.1) is 6.92 Å². The molecule has 0 aliphatic carbocycles. The van der Waals surface area contributed by atoms with Gasteiger partial charge in [-0.05, 0) is 24.5 Å². The minimum absolute atomic E-state index is 0.149. The van der Waals surface area contributed by atoms with Gasteiger partial charge in [0.25, 0.3) is 5.91 Å². The van der Waals surface area contributed by atoms with Crippen LogP contribution >= 0.6 is 0 Å². The molecule has 0 radical (unpaired) electrons. The fourth-order valence-electron chi connectivity index (χ4n) is 1.73. The van der Waals surface area contributed by atoms with Crippen molar-refractivity contribution in [3.8, 4) is 0 Å². The summed E-state index contributed by atoms with van der Waals surface area (Å²) in [4.78, 5) is 11.9. The van der Waals surface area contributed by atoms with Crippen LogP contribution in [0.4, 0.5) is 0 Å². The smallest absolute Gasteiger partial charge is 0.272 e. The van der Waals surface area contributed by atoms with E-state index in [1.807, 2.05) is 31.2 Å². The van der Waals surface area contributed by atoms with Gasteiger partial charge in [0.15, 0.2) is 0 Å². The van der Waals surface area contributed by atoms with Gasteiger partial charge in [-0.25, -0.2) is 0 Å². The van der Waals surface area contributed by atoms with Crippen LogP contribution in [0.5, 0.6) is 0 Å². The van der Waals surface area contributed by atoms with Gasteiger partial charge in [-0.15, -0.1) is 0 Å². The number of rotatable bonds is 4. The maximum atomic E-state index is 11.9. The molecule has 1 aromatic heterocycles. The quantitative estimate of drug-likeness (QED) is 0.884. The summed E-state index contributed by atoms with van der Waals surface area (Å²) < 4.78 is 0. The molecule has 0 saturated heterocycles. The number of hydrogen-bond acceptors (Lipinski definition) is 2. The largest absolute Gasteiger partial charge is 0.347 e. The number of amides is 1. The monoisotopic (exact) mass is 257 g/mol. The highest BCUT2D eigenvalue weighted by molar-refractivity contribution is 5.92. The van der Waals surface area contributed by atoms with Crippen molar-refractivity contribution in [2.45, 2.75) is 33.2 Å². The summed E-state index contributed by atoms with van der Waals surface area (Å²) >= 11 is 0. The highest BCUT2D eigenvalue weighted by atomic mass is 16.1. The molecule has 1 heterocycles. The zero-order chi connectivity index (χ0) is 13.8. The molecule has 2 N–H and O–H groups in total. The molecule has 2 aromatic rings. The van der Waals surface area contributed by atoms with Gasteiger partial charge in [-0.3, -0.25) is 9.89 Å². The summed E-state index contributed by atoms with van der Waals surface area (Å²) in [5.41, 5.74) is 3.71. The fourth-order valence-corrected chi connectivity index (χ4v) is 1.73. The van der Waals surface area contributed by atoms with Crippen molar-refractivity contribution in [2.24, 2.45) is 0 Å². The molecule has 0 saturated carbocycles. The Morgan fingerprint density at radius 1 is 1.32 bits per heavy atom. The second-order valence-corrected chi connectivity index (χ2v) is 5.03. The first-order valence-corrected chi connectivity index (χ1v) is 6.45. The van der Waals surface area contributed by atoms with Gasteiger partial charge in [0, 0.05) is 12.2 Å². The number of benzene rings is 1. The average Bonchev–Trinajstić information content (AvgIpc) is 2.87. The summed E-state index contributed by atoms with van der Waals surface area (Å²) in [7, 11) is 0. The SMILES string of the molecule is Cc1ccc(CNC(=O)c2cc(C(C)C)[nH]n2)cc1. The Balaban J connectivity index is 1.95. The van der Waals surface area contributed by atoms with Gasteiger partial charge in [-0.1, -0.05) is 43.7 Å². The van der Waals surface area contributed by atoms with Crippen molar-refractivity contribution >= 4 is 5.91 Å². The van der Waals surface area contributed by atoms with E-state index in [2.05, 4.69) is 29.4 Å². The maximum Gasteiger partial charge on any atom is 0.272 e. The van der Waals surface area contributed by atoms with Gasteiger partial charge < -0.3 is 5.32 Å². The lowest BCUT2D eigenvalue weighted by atomic mass is 10.1. The Bertz CT molecular complexity index is 555. The number of hydrogen-bond donors (Lipinski definition) is 2. The molecule has 4 nitrogen and oxygen atoms in total. The van der Waals surface area contributed by atoms with Crippen LogP contribution in [0.2, 0.25) is 0 Å². The van der Waals surface area contributed by atoms with E-state index in [0.29, 0.717) is 18.2 Å². The number of aromatic nitrogens is 2. The summed E-state index contributed by atoms with van der Waals surface area (Å²) in [6.45, 7) is 6.67. The normalized spacial score (nSPS) is 10.7. The molecule has 4 heteroatoms. The van der Waals surface area contributed by atoms with Crippen LogP contribution < -0.4 is 5.32 Å². The summed E-state index contributed by atoms with van der Waals surface area (Å²) in [5.74, 6) is 0.190. The third kappa shape index (κ3) is 3.44. The van der Waals surface area contributed by atoms with Crippen LogP contribution in [0.25, 0.3) is 0 Å². The van der Waals surface area contributed by atoms with Gasteiger partial charge in [0.2, 0.25) is 0 Å². The van der Waals surface area contributed by atoms with E-state index in [1.165, 1.54) is 5.56 Å². The predicted molar refractivity (Wildman–Crippen MR) is 75.0 cm³/mol. The predicted octanol–water partition coefficient (Wildman–Crippen LogP) is 2.77. The Kier molecular flexibility index (Phi) is 4.00. The van der Waals surface area contributed by atoms with Crippen molar-refractivity contribution in [3.05, 3.63) is 52.8 Å². The Hall–Kier alpha value is -2.10. The van der Waals surface area contributed by atoms with E-state index in [4.69, 9.17) is 0 Å². The number of nitrogens with zero attached hydrogens (tertiary/aromatic N) is 1. The molecular weight excluding hydrogens is 238 g/mol. The van der Waals surface area contributed by atoms with Crippen LogP contribution in [-0.2, 0) is 6.54 Å². The molecule has 0 aliphatic heterocycles. The Morgan fingerprint density at radius 2 is 2.00 bits per heavy atom. The highest BCUT2D eigenvalue weighted by Crippen LogP contribution is 2.12. The zero-order valence-electron chi connectivity index (χ0n) is 11.5. The number of aromatic amines is 1. The molecule has 0 fully saturated rings. The van der Waals surface area contributed by atoms with E-state index in [1.54, 1.807) is 6.07 Å². The van der Waals surface area contributed by atoms with Crippen LogP contribution in [0.15, 0.2) is 30.3 Å². The van der Waals surface area contributed by atoms with E-state index in [9.17, 15) is 4.79 Å². The molecule has 2 rings (SSSR count). The second-order valence-electron chi connectivity index (χ2n) is 5.03. The summed E-state index contributed by atoms with van der Waals surface area (Å²) in [5, 5.41) is 9.77. The van der Waals surface area contributed by atoms with E-state index < -0.39 is 0 Å². The van der Waals surface area contributed by atoms with Gasteiger partial charge in [-0.2, -0.15) is 5.10 Å². The number of nitrogens with one attached hydrogen (secondary N) is 2. The van der Waals surface area contributed by atoms with Crippen molar-refractivity contribution in [2.75, 3.05) is 0 Å². The Labute approximate surface area is 113 Å². The molecule has 0 atom stereocenters.